The van der Waals surface area contributed by atoms with E-state index in [1.54, 1.807) is 12.4 Å². The summed E-state index contributed by atoms with van der Waals surface area (Å²) in [5.41, 5.74) is 4.10. The molecule has 1 aliphatic rings. The van der Waals surface area contributed by atoms with Crippen molar-refractivity contribution in [3.63, 3.8) is 0 Å². The summed E-state index contributed by atoms with van der Waals surface area (Å²) in [6, 6.07) is 12.8. The molecule has 22 heavy (non-hydrogen) atoms. The molecule has 3 aromatic rings. The fraction of sp³-hybridized carbons (Fsp3) is 0.167. The minimum absolute atomic E-state index is 0.00633. The Bertz CT molecular complexity index is 781. The highest BCUT2D eigenvalue weighted by molar-refractivity contribution is 5.59. The summed E-state index contributed by atoms with van der Waals surface area (Å²) in [4.78, 5) is 7.17. The largest absolute Gasteiger partial charge is 0.486 e. The van der Waals surface area contributed by atoms with Gasteiger partial charge in [0.1, 0.15) is 17.7 Å². The molecule has 0 saturated carbocycles. The van der Waals surface area contributed by atoms with E-state index in [1.807, 2.05) is 36.5 Å². The van der Waals surface area contributed by atoms with Crippen LogP contribution in [0.25, 0.3) is 11.3 Å². The third kappa shape index (κ3) is 2.37. The number of aromatic nitrogens is 2. The van der Waals surface area contributed by atoms with Crippen LogP contribution in [0.5, 0.6) is 5.75 Å². The molecule has 4 heteroatoms. The van der Waals surface area contributed by atoms with Gasteiger partial charge in [-0.2, -0.15) is 0 Å². The lowest BCUT2D eigenvalue weighted by Gasteiger charge is -2.15. The molecule has 1 aromatic heterocycles. The Balaban J connectivity index is 1.53. The van der Waals surface area contributed by atoms with Crippen molar-refractivity contribution in [3.8, 4) is 17.0 Å². The van der Waals surface area contributed by atoms with Crippen LogP contribution in [0.2, 0.25) is 0 Å². The van der Waals surface area contributed by atoms with Crippen LogP contribution < -0.4 is 4.74 Å². The van der Waals surface area contributed by atoms with Crippen LogP contribution >= 0.6 is 0 Å². The standard InChI is InChI=1S/C18H15FN2O/c19-14-4-7-16-13(9-14)3-8-18(16)22-15-5-1-12(2-6-15)17-10-20-11-21-17/h1-2,4-7,9-11,18H,3,8H2,(H,20,21). The molecular formula is C18H15FN2O. The molecular weight excluding hydrogens is 279 g/mol. The number of nitrogens with zero attached hydrogens (tertiary/aromatic N) is 1. The Kier molecular flexibility index (Phi) is 3.15. The van der Waals surface area contributed by atoms with Gasteiger partial charge in [-0.25, -0.2) is 9.37 Å². The van der Waals surface area contributed by atoms with E-state index >= 15 is 0 Å². The van der Waals surface area contributed by atoms with E-state index in [0.717, 1.165) is 41.0 Å². The van der Waals surface area contributed by atoms with Crippen molar-refractivity contribution in [2.24, 2.45) is 0 Å². The first-order valence-electron chi connectivity index (χ1n) is 7.34. The van der Waals surface area contributed by atoms with Crippen molar-refractivity contribution in [3.05, 3.63) is 71.9 Å². The number of H-pyrrole nitrogens is 1. The molecule has 0 amide bonds. The predicted molar refractivity (Wildman–Crippen MR) is 82.1 cm³/mol. The average Bonchev–Trinajstić information content (AvgIpc) is 3.18. The van der Waals surface area contributed by atoms with Crippen molar-refractivity contribution in [2.45, 2.75) is 18.9 Å². The SMILES string of the molecule is Fc1ccc2c(c1)CCC2Oc1ccc(-c2c[nH]cn2)cc1. The molecule has 0 radical (unpaired) electrons. The third-order valence-electron chi connectivity index (χ3n) is 4.05. The van der Waals surface area contributed by atoms with Gasteiger partial charge in [-0.05, 0) is 60.4 Å². The lowest BCUT2D eigenvalue weighted by molar-refractivity contribution is 0.207. The first-order chi connectivity index (χ1) is 10.8. The van der Waals surface area contributed by atoms with Crippen LogP contribution in [0.3, 0.4) is 0 Å². The van der Waals surface area contributed by atoms with Gasteiger partial charge in [0.2, 0.25) is 0 Å². The van der Waals surface area contributed by atoms with Crippen LogP contribution in [-0.2, 0) is 6.42 Å². The Morgan fingerprint density at radius 3 is 2.77 bits per heavy atom. The zero-order valence-corrected chi connectivity index (χ0v) is 11.9. The zero-order valence-electron chi connectivity index (χ0n) is 11.9. The first-order valence-corrected chi connectivity index (χ1v) is 7.34. The molecule has 1 heterocycles. The number of fused-ring (bicyclic) bond motifs is 1. The fourth-order valence-electron chi connectivity index (χ4n) is 2.96. The molecule has 0 fully saturated rings. The molecule has 1 N–H and O–H groups in total. The van der Waals surface area contributed by atoms with Crippen LogP contribution in [0.4, 0.5) is 4.39 Å². The lowest BCUT2D eigenvalue weighted by Crippen LogP contribution is -2.03. The van der Waals surface area contributed by atoms with E-state index in [9.17, 15) is 4.39 Å². The number of nitrogens with one attached hydrogen (secondary N) is 1. The normalized spacial score (nSPS) is 16.5. The maximum absolute atomic E-state index is 13.2. The van der Waals surface area contributed by atoms with Gasteiger partial charge >= 0.3 is 0 Å². The minimum atomic E-state index is -0.178. The van der Waals surface area contributed by atoms with Gasteiger partial charge in [-0.15, -0.1) is 0 Å². The summed E-state index contributed by atoms with van der Waals surface area (Å²) in [5, 5.41) is 0. The number of halogens is 1. The molecule has 3 nitrogen and oxygen atoms in total. The molecule has 0 saturated heterocycles. The summed E-state index contributed by atoms with van der Waals surface area (Å²) in [6.45, 7) is 0. The second-order valence-corrected chi connectivity index (χ2v) is 5.47. The highest BCUT2D eigenvalue weighted by atomic mass is 19.1. The number of hydrogen-bond donors (Lipinski definition) is 1. The van der Waals surface area contributed by atoms with Gasteiger partial charge in [0.05, 0.1) is 12.0 Å². The fourth-order valence-corrected chi connectivity index (χ4v) is 2.96. The Morgan fingerprint density at radius 2 is 2.00 bits per heavy atom. The quantitative estimate of drug-likeness (QED) is 0.783. The molecule has 110 valence electrons. The van der Waals surface area contributed by atoms with Crippen molar-refractivity contribution >= 4 is 0 Å². The molecule has 4 rings (SSSR count). The number of ether oxygens (including phenoxy) is 1. The van der Waals surface area contributed by atoms with Crippen LogP contribution in [0.15, 0.2) is 55.0 Å². The number of aryl methyl sites for hydroxylation is 1. The van der Waals surface area contributed by atoms with Crippen molar-refractivity contribution < 1.29 is 9.13 Å². The Hall–Kier alpha value is -2.62. The number of benzene rings is 2. The van der Waals surface area contributed by atoms with Gasteiger partial charge in [0, 0.05) is 11.8 Å². The van der Waals surface area contributed by atoms with E-state index in [-0.39, 0.29) is 11.9 Å². The van der Waals surface area contributed by atoms with E-state index < -0.39 is 0 Å². The van der Waals surface area contributed by atoms with E-state index in [1.165, 1.54) is 6.07 Å². The second-order valence-electron chi connectivity index (χ2n) is 5.47. The van der Waals surface area contributed by atoms with Crippen LogP contribution in [0.1, 0.15) is 23.7 Å². The van der Waals surface area contributed by atoms with Gasteiger partial charge in [-0.1, -0.05) is 6.07 Å². The predicted octanol–water partition coefficient (Wildman–Crippen LogP) is 4.28. The van der Waals surface area contributed by atoms with Crippen LogP contribution in [0, 0.1) is 5.82 Å². The van der Waals surface area contributed by atoms with Gasteiger partial charge in [-0.3, -0.25) is 0 Å². The van der Waals surface area contributed by atoms with Crippen molar-refractivity contribution in [2.75, 3.05) is 0 Å². The summed E-state index contributed by atoms with van der Waals surface area (Å²) in [7, 11) is 0. The van der Waals surface area contributed by atoms with E-state index in [2.05, 4.69) is 9.97 Å². The van der Waals surface area contributed by atoms with Crippen molar-refractivity contribution in [1.82, 2.24) is 9.97 Å². The molecule has 1 unspecified atom stereocenters. The Morgan fingerprint density at radius 1 is 1.14 bits per heavy atom. The zero-order chi connectivity index (χ0) is 14.9. The summed E-state index contributed by atoms with van der Waals surface area (Å²) in [5.74, 6) is 0.643. The second kappa shape index (κ2) is 5.30. The highest BCUT2D eigenvalue weighted by Gasteiger charge is 2.24. The third-order valence-corrected chi connectivity index (χ3v) is 4.05. The molecule has 0 spiro atoms. The molecule has 2 aromatic carbocycles. The summed E-state index contributed by atoms with van der Waals surface area (Å²) in [6.07, 6.45) is 5.28. The minimum Gasteiger partial charge on any atom is -0.486 e. The van der Waals surface area contributed by atoms with Gasteiger partial charge < -0.3 is 9.72 Å². The summed E-state index contributed by atoms with van der Waals surface area (Å²) < 4.78 is 19.3. The number of aromatic amines is 1. The number of rotatable bonds is 3. The lowest BCUT2D eigenvalue weighted by atomic mass is 10.1. The topological polar surface area (TPSA) is 37.9 Å². The number of imidazole rings is 1. The first kappa shape index (κ1) is 13.1. The van der Waals surface area contributed by atoms with E-state index in [0.29, 0.717) is 0 Å². The average molecular weight is 294 g/mol. The number of hydrogen-bond acceptors (Lipinski definition) is 2. The summed E-state index contributed by atoms with van der Waals surface area (Å²) >= 11 is 0. The van der Waals surface area contributed by atoms with Crippen LogP contribution in [-0.4, -0.2) is 9.97 Å². The van der Waals surface area contributed by atoms with Crippen molar-refractivity contribution in [1.29, 1.82) is 0 Å². The Labute approximate surface area is 127 Å². The maximum Gasteiger partial charge on any atom is 0.124 e. The van der Waals surface area contributed by atoms with Gasteiger partial charge in [0.25, 0.3) is 0 Å². The molecule has 1 atom stereocenters. The molecule has 1 aliphatic carbocycles. The van der Waals surface area contributed by atoms with Gasteiger partial charge in [0.15, 0.2) is 0 Å². The highest BCUT2D eigenvalue weighted by Crippen LogP contribution is 2.35. The molecule has 0 aliphatic heterocycles. The molecule has 0 bridgehead atoms. The van der Waals surface area contributed by atoms with E-state index in [4.69, 9.17) is 4.74 Å². The monoisotopic (exact) mass is 294 g/mol. The smallest absolute Gasteiger partial charge is 0.124 e. The maximum atomic E-state index is 13.2.